The fraction of sp³-hybridized carbons (Fsp3) is 0.211. The summed E-state index contributed by atoms with van der Waals surface area (Å²) in [5.41, 5.74) is 6.47. The second-order valence-electron chi connectivity index (χ2n) is 5.96. The van der Waals surface area contributed by atoms with Crippen molar-refractivity contribution in [2.45, 2.75) is 19.8 Å². The Balaban J connectivity index is 1.76. The summed E-state index contributed by atoms with van der Waals surface area (Å²) >= 11 is 8.42. The Morgan fingerprint density at radius 3 is 2.44 bits per heavy atom. The highest BCUT2D eigenvalue weighted by atomic mass is 79.9. The Labute approximate surface area is 171 Å². The van der Waals surface area contributed by atoms with Gasteiger partial charge in [-0.1, -0.05) is 38.1 Å². The molecule has 0 atom stereocenters. The maximum atomic E-state index is 11.9. The predicted octanol–water partition coefficient (Wildman–Crippen LogP) is 3.29. The van der Waals surface area contributed by atoms with Crippen LogP contribution < -0.4 is 20.9 Å². The van der Waals surface area contributed by atoms with Gasteiger partial charge in [-0.15, -0.1) is 0 Å². The number of hydrazine groups is 1. The van der Waals surface area contributed by atoms with Gasteiger partial charge < -0.3 is 4.74 Å². The van der Waals surface area contributed by atoms with Gasteiger partial charge in [0.25, 0.3) is 11.8 Å². The molecule has 2 aromatic rings. The van der Waals surface area contributed by atoms with Crippen LogP contribution in [0.5, 0.6) is 5.75 Å². The number of halogens is 1. The zero-order valence-electron chi connectivity index (χ0n) is 14.9. The third kappa shape index (κ3) is 6.65. The molecule has 142 valence electrons. The van der Waals surface area contributed by atoms with E-state index in [1.807, 2.05) is 24.3 Å². The second kappa shape index (κ2) is 10.0. The van der Waals surface area contributed by atoms with Gasteiger partial charge in [0, 0.05) is 5.56 Å². The Morgan fingerprint density at radius 1 is 1.11 bits per heavy atom. The number of thiocarbonyl (C=S) groups is 1. The zero-order chi connectivity index (χ0) is 19.8. The van der Waals surface area contributed by atoms with Gasteiger partial charge in [0.05, 0.1) is 4.47 Å². The summed E-state index contributed by atoms with van der Waals surface area (Å²) in [6.07, 6.45) is 0. The Bertz CT molecular complexity index is 828. The third-order valence-corrected chi connectivity index (χ3v) is 4.38. The van der Waals surface area contributed by atoms with Crippen LogP contribution in [-0.4, -0.2) is 23.5 Å². The van der Waals surface area contributed by atoms with Crippen molar-refractivity contribution in [1.82, 2.24) is 16.2 Å². The molecule has 0 saturated carbocycles. The number of hydrogen-bond acceptors (Lipinski definition) is 4. The molecule has 0 bridgehead atoms. The highest BCUT2D eigenvalue weighted by Crippen LogP contribution is 2.28. The molecule has 2 amide bonds. The molecule has 0 fully saturated rings. The molecule has 0 aromatic heterocycles. The molecule has 0 spiro atoms. The minimum absolute atomic E-state index is 0.0142. The van der Waals surface area contributed by atoms with Crippen molar-refractivity contribution >= 4 is 45.1 Å². The molecule has 2 aromatic carbocycles. The molecule has 0 aliphatic carbocycles. The Hall–Kier alpha value is -2.45. The maximum Gasteiger partial charge on any atom is 0.276 e. The summed E-state index contributed by atoms with van der Waals surface area (Å²) in [6.45, 7) is 3.99. The first-order valence-electron chi connectivity index (χ1n) is 8.24. The first-order chi connectivity index (χ1) is 12.9. The van der Waals surface area contributed by atoms with E-state index in [1.165, 1.54) is 5.56 Å². The van der Waals surface area contributed by atoms with Crippen molar-refractivity contribution in [2.75, 3.05) is 6.61 Å². The standard InChI is InChI=1S/C19H20BrN3O3S/c1-12(2)14-8-9-16(15(20)10-14)26-11-17(24)22-23-19(27)21-18(25)13-6-4-3-5-7-13/h3-10,12H,11H2,1-2H3,(H,22,24)(H2,21,23,25,27). The summed E-state index contributed by atoms with van der Waals surface area (Å²) in [7, 11) is 0. The summed E-state index contributed by atoms with van der Waals surface area (Å²) in [5, 5.41) is 2.46. The molecule has 0 heterocycles. The van der Waals surface area contributed by atoms with Gasteiger partial charge in [-0.2, -0.15) is 0 Å². The van der Waals surface area contributed by atoms with Crippen molar-refractivity contribution < 1.29 is 14.3 Å². The van der Waals surface area contributed by atoms with Crippen LogP contribution in [0, 0.1) is 0 Å². The number of hydrogen-bond donors (Lipinski definition) is 3. The van der Waals surface area contributed by atoms with Crippen LogP contribution in [0.15, 0.2) is 53.0 Å². The zero-order valence-corrected chi connectivity index (χ0v) is 17.3. The first kappa shape index (κ1) is 20.9. The number of carbonyl (C=O) groups is 2. The topological polar surface area (TPSA) is 79.5 Å². The lowest BCUT2D eigenvalue weighted by Crippen LogP contribution is -2.49. The molecule has 0 aliphatic heterocycles. The smallest absolute Gasteiger partial charge is 0.276 e. The third-order valence-electron chi connectivity index (χ3n) is 3.56. The largest absolute Gasteiger partial charge is 0.483 e. The average Bonchev–Trinajstić information content (AvgIpc) is 2.65. The summed E-state index contributed by atoms with van der Waals surface area (Å²) in [4.78, 5) is 23.8. The lowest BCUT2D eigenvalue weighted by Gasteiger charge is -2.13. The Morgan fingerprint density at radius 2 is 1.81 bits per heavy atom. The van der Waals surface area contributed by atoms with Gasteiger partial charge in [0.1, 0.15) is 5.75 Å². The molecule has 2 rings (SSSR count). The number of amides is 2. The van der Waals surface area contributed by atoms with Crippen molar-refractivity contribution in [1.29, 1.82) is 0 Å². The van der Waals surface area contributed by atoms with Crippen LogP contribution in [0.1, 0.15) is 35.7 Å². The monoisotopic (exact) mass is 449 g/mol. The average molecular weight is 450 g/mol. The number of carbonyl (C=O) groups excluding carboxylic acids is 2. The van der Waals surface area contributed by atoms with E-state index in [0.29, 0.717) is 17.2 Å². The van der Waals surface area contributed by atoms with E-state index < -0.39 is 5.91 Å². The van der Waals surface area contributed by atoms with Crippen molar-refractivity contribution in [3.63, 3.8) is 0 Å². The molecule has 27 heavy (non-hydrogen) atoms. The van der Waals surface area contributed by atoms with Crippen LogP contribution >= 0.6 is 28.1 Å². The number of rotatable bonds is 5. The van der Waals surface area contributed by atoms with E-state index in [-0.39, 0.29) is 17.6 Å². The first-order valence-corrected chi connectivity index (χ1v) is 9.44. The number of benzene rings is 2. The second-order valence-corrected chi connectivity index (χ2v) is 7.22. The van der Waals surface area contributed by atoms with Gasteiger partial charge in [0.15, 0.2) is 11.7 Å². The van der Waals surface area contributed by atoms with E-state index in [0.717, 1.165) is 4.47 Å². The molecule has 3 N–H and O–H groups in total. The van der Waals surface area contributed by atoms with E-state index in [1.54, 1.807) is 24.3 Å². The number of nitrogens with one attached hydrogen (secondary N) is 3. The quantitative estimate of drug-likeness (QED) is 0.482. The Kier molecular flexibility index (Phi) is 7.75. The lowest BCUT2D eigenvalue weighted by molar-refractivity contribution is -0.123. The van der Waals surface area contributed by atoms with Crippen molar-refractivity contribution in [3.05, 3.63) is 64.1 Å². The van der Waals surface area contributed by atoms with Gasteiger partial charge in [-0.3, -0.25) is 25.8 Å². The molecule has 0 aliphatic rings. The molecule has 0 radical (unpaired) electrons. The van der Waals surface area contributed by atoms with Crippen LogP contribution in [0.2, 0.25) is 0 Å². The fourth-order valence-electron chi connectivity index (χ4n) is 2.10. The van der Waals surface area contributed by atoms with Gasteiger partial charge in [-0.25, -0.2) is 0 Å². The number of ether oxygens (including phenoxy) is 1. The summed E-state index contributed by atoms with van der Waals surface area (Å²) < 4.78 is 6.26. The normalized spacial score (nSPS) is 10.2. The van der Waals surface area contributed by atoms with Gasteiger partial charge in [-0.05, 0) is 63.9 Å². The van der Waals surface area contributed by atoms with Crippen LogP contribution in [0.25, 0.3) is 0 Å². The van der Waals surface area contributed by atoms with E-state index >= 15 is 0 Å². The molecular formula is C19H20BrN3O3S. The molecule has 6 nitrogen and oxygen atoms in total. The summed E-state index contributed by atoms with van der Waals surface area (Å²) in [5.74, 6) is 0.156. The van der Waals surface area contributed by atoms with Crippen LogP contribution in [0.4, 0.5) is 0 Å². The highest BCUT2D eigenvalue weighted by molar-refractivity contribution is 9.10. The summed E-state index contributed by atoms with van der Waals surface area (Å²) in [6, 6.07) is 14.3. The minimum Gasteiger partial charge on any atom is -0.483 e. The predicted molar refractivity (Wildman–Crippen MR) is 112 cm³/mol. The molecular weight excluding hydrogens is 430 g/mol. The van der Waals surface area contributed by atoms with Crippen molar-refractivity contribution in [3.8, 4) is 5.75 Å². The molecule has 8 heteroatoms. The van der Waals surface area contributed by atoms with Crippen LogP contribution in [0.3, 0.4) is 0 Å². The van der Waals surface area contributed by atoms with Crippen LogP contribution in [-0.2, 0) is 4.79 Å². The van der Waals surface area contributed by atoms with Crippen molar-refractivity contribution in [2.24, 2.45) is 0 Å². The maximum absolute atomic E-state index is 11.9. The van der Waals surface area contributed by atoms with Gasteiger partial charge in [0.2, 0.25) is 0 Å². The fourth-order valence-corrected chi connectivity index (χ4v) is 2.75. The SMILES string of the molecule is CC(C)c1ccc(OCC(=O)NNC(=S)NC(=O)c2ccccc2)c(Br)c1. The lowest BCUT2D eigenvalue weighted by atomic mass is 10.0. The van der Waals surface area contributed by atoms with E-state index in [9.17, 15) is 9.59 Å². The molecule has 0 saturated heterocycles. The van der Waals surface area contributed by atoms with E-state index in [4.69, 9.17) is 17.0 Å². The van der Waals surface area contributed by atoms with Gasteiger partial charge >= 0.3 is 0 Å². The molecule has 0 unspecified atom stereocenters. The van der Waals surface area contributed by atoms with E-state index in [2.05, 4.69) is 45.9 Å². The minimum atomic E-state index is -0.439. The highest BCUT2D eigenvalue weighted by Gasteiger charge is 2.10.